The van der Waals surface area contributed by atoms with Crippen LogP contribution in [0.5, 0.6) is 28.7 Å². The van der Waals surface area contributed by atoms with Crippen LogP contribution < -0.4 is 14.2 Å². The number of ether oxygens (including phenoxy) is 3. The van der Waals surface area contributed by atoms with Crippen molar-refractivity contribution in [3.8, 4) is 28.7 Å². The Balaban J connectivity index is 1.30. The van der Waals surface area contributed by atoms with Crippen LogP contribution in [0.25, 0.3) is 0 Å². The van der Waals surface area contributed by atoms with Gasteiger partial charge < -0.3 is 24.4 Å². The Kier molecular flexibility index (Phi) is 11.1. The monoisotopic (exact) mass is 664 g/mol. The largest absolute Gasteiger partial charge is 0.507 e. The molecule has 252 valence electrons. The summed E-state index contributed by atoms with van der Waals surface area (Å²) in [6.45, 7) is 0.797. The van der Waals surface area contributed by atoms with E-state index in [1.165, 1.54) is 13.2 Å². The van der Waals surface area contributed by atoms with Crippen molar-refractivity contribution in [2.45, 2.75) is 38.9 Å². The van der Waals surface area contributed by atoms with E-state index in [-0.39, 0.29) is 47.0 Å². The van der Waals surface area contributed by atoms with Crippen molar-refractivity contribution in [2.24, 2.45) is 0 Å². The number of hydrogen-bond acceptors (Lipinski definition) is 6. The molecular formula is C44H40O6. The third-order valence-electron chi connectivity index (χ3n) is 8.66. The third kappa shape index (κ3) is 8.52. The van der Waals surface area contributed by atoms with E-state index in [2.05, 4.69) is 0 Å². The fourth-order valence-electron chi connectivity index (χ4n) is 6.00. The molecule has 2 N–H and O–H groups in total. The zero-order chi connectivity index (χ0) is 34.7. The molecule has 0 aliphatic rings. The van der Waals surface area contributed by atoms with Gasteiger partial charge in [-0.15, -0.1) is 0 Å². The number of aromatic hydroxyl groups is 2. The van der Waals surface area contributed by atoms with E-state index in [9.17, 15) is 15.0 Å². The molecule has 0 fully saturated rings. The second kappa shape index (κ2) is 16.4. The van der Waals surface area contributed by atoms with Crippen LogP contribution in [0, 0.1) is 0 Å². The van der Waals surface area contributed by atoms with Crippen molar-refractivity contribution in [1.29, 1.82) is 0 Å². The van der Waals surface area contributed by atoms with Gasteiger partial charge in [0, 0.05) is 30.9 Å². The molecule has 0 unspecified atom stereocenters. The van der Waals surface area contributed by atoms with E-state index in [0.717, 1.165) is 39.1 Å². The van der Waals surface area contributed by atoms with E-state index in [4.69, 9.17) is 14.2 Å². The number of Topliss-reactive ketones (excluding diaryl/α,β-unsaturated/α-hetero) is 1. The third-order valence-corrected chi connectivity index (χ3v) is 8.66. The minimum atomic E-state index is -0.293. The first-order valence-electron chi connectivity index (χ1n) is 16.7. The Bertz CT molecular complexity index is 2020. The first kappa shape index (κ1) is 33.9. The Morgan fingerprint density at radius 2 is 1.12 bits per heavy atom. The zero-order valence-corrected chi connectivity index (χ0v) is 28.0. The van der Waals surface area contributed by atoms with Crippen molar-refractivity contribution in [3.63, 3.8) is 0 Å². The highest BCUT2D eigenvalue weighted by atomic mass is 16.5. The number of phenolic OH excluding ortho intramolecular Hbond substituents is 2. The second-order valence-electron chi connectivity index (χ2n) is 12.2. The first-order chi connectivity index (χ1) is 24.5. The van der Waals surface area contributed by atoms with Crippen LogP contribution in [0.2, 0.25) is 0 Å². The zero-order valence-electron chi connectivity index (χ0n) is 28.0. The van der Waals surface area contributed by atoms with Gasteiger partial charge in [0.2, 0.25) is 0 Å². The van der Waals surface area contributed by atoms with E-state index < -0.39 is 0 Å². The highest BCUT2D eigenvalue weighted by Gasteiger charge is 2.25. The van der Waals surface area contributed by atoms with Crippen molar-refractivity contribution in [3.05, 3.63) is 184 Å². The Morgan fingerprint density at radius 3 is 1.74 bits per heavy atom. The molecule has 6 heteroatoms. The standard InChI is InChI=1S/C44H40O6/c1-48-42-28-39(46)37(44(47)43(42)38(45)23-21-31-13-5-2-6-14-31)27-36-26-34(22-24-41(36)50-30-33-17-9-4-10-18-33)25-35-19-11-12-20-40(35)49-29-32-15-7-3-8-16-32/h2-20,22,24,26,28,46-47H,21,23,25,27,29-30H2,1H3. The smallest absolute Gasteiger partial charge is 0.170 e. The van der Waals surface area contributed by atoms with Crippen LogP contribution in [0.1, 0.15) is 55.7 Å². The van der Waals surface area contributed by atoms with Gasteiger partial charge in [-0.1, -0.05) is 121 Å². The number of carbonyl (C=O) groups excluding carboxylic acids is 1. The van der Waals surface area contributed by atoms with Gasteiger partial charge in [0.1, 0.15) is 47.5 Å². The maximum Gasteiger partial charge on any atom is 0.170 e. The predicted octanol–water partition coefficient (Wildman–Crippen LogP) is 9.26. The molecule has 6 aromatic rings. The van der Waals surface area contributed by atoms with Gasteiger partial charge in [-0.2, -0.15) is 0 Å². The van der Waals surface area contributed by atoms with E-state index in [0.29, 0.717) is 31.8 Å². The van der Waals surface area contributed by atoms with E-state index in [1.54, 1.807) is 0 Å². The average Bonchev–Trinajstić information content (AvgIpc) is 3.15. The van der Waals surface area contributed by atoms with Crippen LogP contribution in [0.3, 0.4) is 0 Å². The SMILES string of the molecule is COc1cc(O)c(Cc2cc(Cc3ccccc3OCc3ccccc3)ccc2OCc2ccccc2)c(O)c1C(=O)CCc1ccccc1. The summed E-state index contributed by atoms with van der Waals surface area (Å²) in [4.78, 5) is 13.5. The van der Waals surface area contributed by atoms with Crippen molar-refractivity contribution in [1.82, 2.24) is 0 Å². The molecule has 0 amide bonds. The lowest BCUT2D eigenvalue weighted by molar-refractivity contribution is 0.0977. The Hall–Kier alpha value is -6.01. The summed E-state index contributed by atoms with van der Waals surface area (Å²) in [7, 11) is 1.42. The van der Waals surface area contributed by atoms with Gasteiger partial charge in [0.25, 0.3) is 0 Å². The molecular weight excluding hydrogens is 624 g/mol. The van der Waals surface area contributed by atoms with Crippen LogP contribution in [0.4, 0.5) is 0 Å². The molecule has 6 rings (SSSR count). The molecule has 0 saturated carbocycles. The van der Waals surface area contributed by atoms with Gasteiger partial charge >= 0.3 is 0 Å². The molecule has 0 radical (unpaired) electrons. The van der Waals surface area contributed by atoms with Crippen molar-refractivity contribution >= 4 is 5.78 Å². The second-order valence-corrected chi connectivity index (χ2v) is 12.2. The maximum absolute atomic E-state index is 13.5. The summed E-state index contributed by atoms with van der Waals surface area (Å²) >= 11 is 0. The minimum absolute atomic E-state index is 0.0589. The van der Waals surface area contributed by atoms with Crippen LogP contribution >= 0.6 is 0 Å². The Morgan fingerprint density at radius 1 is 0.560 bits per heavy atom. The van der Waals surface area contributed by atoms with Crippen molar-refractivity contribution in [2.75, 3.05) is 7.11 Å². The molecule has 0 heterocycles. The number of benzene rings is 6. The molecule has 0 aromatic heterocycles. The van der Waals surface area contributed by atoms with Crippen LogP contribution in [0.15, 0.2) is 140 Å². The predicted molar refractivity (Wildman–Crippen MR) is 195 cm³/mol. The molecule has 6 nitrogen and oxygen atoms in total. The number of carbonyl (C=O) groups is 1. The number of aryl methyl sites for hydroxylation is 1. The summed E-state index contributed by atoms with van der Waals surface area (Å²) in [5, 5.41) is 22.7. The average molecular weight is 665 g/mol. The highest BCUT2D eigenvalue weighted by molar-refractivity contribution is 6.02. The first-order valence-corrected chi connectivity index (χ1v) is 16.7. The van der Waals surface area contributed by atoms with Gasteiger partial charge in [0.05, 0.1) is 7.11 Å². The van der Waals surface area contributed by atoms with Gasteiger partial charge in [0.15, 0.2) is 5.78 Å². The molecule has 6 aromatic carbocycles. The lowest BCUT2D eigenvalue weighted by Crippen LogP contribution is -2.07. The van der Waals surface area contributed by atoms with Crippen LogP contribution in [-0.2, 0) is 32.5 Å². The summed E-state index contributed by atoms with van der Waals surface area (Å²) < 4.78 is 18.0. The Labute approximate surface area is 293 Å². The fourth-order valence-corrected chi connectivity index (χ4v) is 6.00. The normalized spacial score (nSPS) is 10.8. The summed E-state index contributed by atoms with van der Waals surface area (Å²) in [5.74, 6) is 0.801. The number of methoxy groups -OCH3 is 1. The van der Waals surface area contributed by atoms with Gasteiger partial charge in [-0.3, -0.25) is 4.79 Å². The van der Waals surface area contributed by atoms with E-state index in [1.807, 2.05) is 133 Å². The number of ketones is 1. The molecule has 0 aliphatic carbocycles. The highest BCUT2D eigenvalue weighted by Crippen LogP contribution is 2.41. The molecule has 0 spiro atoms. The van der Waals surface area contributed by atoms with Gasteiger partial charge in [-0.05, 0) is 51.9 Å². The maximum atomic E-state index is 13.5. The van der Waals surface area contributed by atoms with Crippen molar-refractivity contribution < 1.29 is 29.2 Å². The lowest BCUT2D eigenvalue weighted by atomic mass is 9.93. The summed E-state index contributed by atoms with van der Waals surface area (Å²) in [6, 6.07) is 45.0. The summed E-state index contributed by atoms with van der Waals surface area (Å²) in [5.41, 5.74) is 6.16. The molecule has 0 atom stereocenters. The topological polar surface area (TPSA) is 85.2 Å². The number of phenols is 2. The minimum Gasteiger partial charge on any atom is -0.507 e. The van der Waals surface area contributed by atoms with Crippen LogP contribution in [-0.4, -0.2) is 23.1 Å². The quantitative estimate of drug-likeness (QED) is 0.107. The van der Waals surface area contributed by atoms with Gasteiger partial charge in [-0.25, -0.2) is 0 Å². The molecule has 0 saturated heterocycles. The summed E-state index contributed by atoms with van der Waals surface area (Å²) in [6.07, 6.45) is 1.38. The van der Waals surface area contributed by atoms with E-state index >= 15 is 0 Å². The molecule has 0 aliphatic heterocycles. The number of para-hydroxylation sites is 1. The number of hydrogen-bond donors (Lipinski definition) is 2. The molecule has 0 bridgehead atoms. The molecule has 50 heavy (non-hydrogen) atoms. The lowest BCUT2D eigenvalue weighted by Gasteiger charge is -2.18. The number of rotatable bonds is 15. The fraction of sp³-hybridized carbons (Fsp3) is 0.159.